The molecular formula is C20H30F3N3O3. The number of aliphatic imine (C=N–C) groups is 1. The molecule has 1 aliphatic rings. The number of aryl methyl sites for hydroxylation is 1. The molecule has 0 bridgehead atoms. The highest BCUT2D eigenvalue weighted by molar-refractivity contribution is 5.79. The van der Waals surface area contributed by atoms with Crippen LogP contribution in [0, 0.1) is 6.92 Å². The van der Waals surface area contributed by atoms with Gasteiger partial charge in [0.1, 0.15) is 5.75 Å². The Bertz CT molecular complexity index is 648. The first-order valence-electron chi connectivity index (χ1n) is 9.88. The lowest BCUT2D eigenvalue weighted by atomic mass is 10.1. The summed E-state index contributed by atoms with van der Waals surface area (Å²) >= 11 is 0. The molecule has 6 nitrogen and oxygen atoms in total. The van der Waals surface area contributed by atoms with Crippen molar-refractivity contribution in [2.24, 2.45) is 4.99 Å². The third-order valence-electron chi connectivity index (χ3n) is 4.23. The maximum atomic E-state index is 12.5. The number of guanidine groups is 1. The summed E-state index contributed by atoms with van der Waals surface area (Å²) in [5, 5.41) is 6.27. The SMILES string of the molecule is CCNC(=NCc1ccc(C)cc1OCC(F)(F)F)NCCOCC1CCCO1. The van der Waals surface area contributed by atoms with Gasteiger partial charge in [-0.05, 0) is 38.3 Å². The average molecular weight is 417 g/mol. The van der Waals surface area contributed by atoms with E-state index in [2.05, 4.69) is 15.6 Å². The number of nitrogens with one attached hydrogen (secondary N) is 2. The molecule has 1 heterocycles. The number of rotatable bonds is 10. The zero-order valence-corrected chi connectivity index (χ0v) is 17.0. The van der Waals surface area contributed by atoms with E-state index in [1.54, 1.807) is 19.1 Å². The van der Waals surface area contributed by atoms with E-state index in [0.29, 0.717) is 37.8 Å². The molecule has 164 valence electrons. The summed E-state index contributed by atoms with van der Waals surface area (Å²) in [7, 11) is 0. The van der Waals surface area contributed by atoms with Crippen LogP contribution in [0.3, 0.4) is 0 Å². The molecule has 0 saturated carbocycles. The van der Waals surface area contributed by atoms with Crippen molar-refractivity contribution in [3.05, 3.63) is 29.3 Å². The summed E-state index contributed by atoms with van der Waals surface area (Å²) in [6, 6.07) is 5.15. The first-order chi connectivity index (χ1) is 13.9. The summed E-state index contributed by atoms with van der Waals surface area (Å²) in [4.78, 5) is 4.45. The molecule has 0 amide bonds. The molecule has 2 N–H and O–H groups in total. The van der Waals surface area contributed by atoms with Crippen LogP contribution in [0.25, 0.3) is 0 Å². The van der Waals surface area contributed by atoms with Gasteiger partial charge in [-0.25, -0.2) is 4.99 Å². The predicted molar refractivity (Wildman–Crippen MR) is 105 cm³/mol. The lowest BCUT2D eigenvalue weighted by Crippen LogP contribution is -2.39. The van der Waals surface area contributed by atoms with E-state index < -0.39 is 12.8 Å². The van der Waals surface area contributed by atoms with Gasteiger partial charge in [-0.2, -0.15) is 13.2 Å². The highest BCUT2D eigenvalue weighted by Crippen LogP contribution is 2.24. The zero-order chi connectivity index (χ0) is 21.1. The fourth-order valence-electron chi connectivity index (χ4n) is 2.82. The van der Waals surface area contributed by atoms with E-state index in [-0.39, 0.29) is 18.4 Å². The smallest absolute Gasteiger partial charge is 0.422 e. The molecule has 0 aliphatic carbocycles. The van der Waals surface area contributed by atoms with Gasteiger partial charge in [-0.15, -0.1) is 0 Å². The predicted octanol–water partition coefficient (Wildman–Crippen LogP) is 3.19. The van der Waals surface area contributed by atoms with E-state index in [4.69, 9.17) is 14.2 Å². The van der Waals surface area contributed by atoms with Crippen LogP contribution in [0.15, 0.2) is 23.2 Å². The highest BCUT2D eigenvalue weighted by atomic mass is 19.4. The Morgan fingerprint density at radius 1 is 1.31 bits per heavy atom. The molecule has 2 rings (SSSR count). The zero-order valence-electron chi connectivity index (χ0n) is 17.0. The second-order valence-electron chi connectivity index (χ2n) is 6.85. The van der Waals surface area contributed by atoms with Gasteiger partial charge in [0.15, 0.2) is 12.6 Å². The van der Waals surface area contributed by atoms with Crippen molar-refractivity contribution in [3.8, 4) is 5.75 Å². The number of benzene rings is 1. The van der Waals surface area contributed by atoms with E-state index in [1.165, 1.54) is 0 Å². The summed E-state index contributed by atoms with van der Waals surface area (Å²) < 4.78 is 53.6. The van der Waals surface area contributed by atoms with E-state index >= 15 is 0 Å². The van der Waals surface area contributed by atoms with Gasteiger partial charge in [-0.3, -0.25) is 0 Å². The Kier molecular flexibility index (Phi) is 9.53. The summed E-state index contributed by atoms with van der Waals surface area (Å²) in [6.45, 7) is 5.72. The van der Waals surface area contributed by atoms with Crippen molar-refractivity contribution in [2.75, 3.05) is 39.5 Å². The van der Waals surface area contributed by atoms with Crippen molar-refractivity contribution in [3.63, 3.8) is 0 Å². The minimum Gasteiger partial charge on any atom is -0.484 e. The fraction of sp³-hybridized carbons (Fsp3) is 0.650. The van der Waals surface area contributed by atoms with Gasteiger partial charge in [0.2, 0.25) is 0 Å². The van der Waals surface area contributed by atoms with Crippen LogP contribution in [0.5, 0.6) is 5.75 Å². The minimum absolute atomic E-state index is 0.188. The van der Waals surface area contributed by atoms with Crippen molar-refractivity contribution >= 4 is 5.96 Å². The van der Waals surface area contributed by atoms with Crippen LogP contribution < -0.4 is 15.4 Å². The van der Waals surface area contributed by atoms with Crippen molar-refractivity contribution in [2.45, 2.75) is 45.5 Å². The number of nitrogens with zero attached hydrogens (tertiary/aromatic N) is 1. The van der Waals surface area contributed by atoms with Gasteiger partial charge in [0, 0.05) is 25.3 Å². The minimum atomic E-state index is -4.38. The molecule has 1 aromatic rings. The number of hydrogen-bond donors (Lipinski definition) is 2. The topological polar surface area (TPSA) is 64.1 Å². The standard InChI is InChI=1S/C20H30F3N3O3/c1-3-24-19(25-8-10-27-13-17-5-4-9-28-17)26-12-16-7-6-15(2)11-18(16)29-14-20(21,22)23/h6-7,11,17H,3-5,8-10,12-14H2,1-2H3,(H2,24,25,26). The molecule has 1 unspecified atom stereocenters. The van der Waals surface area contributed by atoms with Crippen LogP contribution in [0.1, 0.15) is 30.9 Å². The molecule has 1 atom stereocenters. The molecule has 0 aromatic heterocycles. The Balaban J connectivity index is 1.86. The summed E-state index contributed by atoms with van der Waals surface area (Å²) in [5.41, 5.74) is 1.41. The molecule has 1 fully saturated rings. The molecular weight excluding hydrogens is 387 g/mol. The Labute approximate surface area is 169 Å². The molecule has 1 aromatic carbocycles. The quantitative estimate of drug-likeness (QED) is 0.348. The van der Waals surface area contributed by atoms with Crippen LogP contribution in [-0.4, -0.2) is 57.8 Å². The van der Waals surface area contributed by atoms with Crippen molar-refractivity contribution in [1.82, 2.24) is 10.6 Å². The van der Waals surface area contributed by atoms with Gasteiger partial charge < -0.3 is 24.8 Å². The molecule has 0 radical (unpaired) electrons. The normalized spacial score (nSPS) is 17.4. The second-order valence-corrected chi connectivity index (χ2v) is 6.85. The number of alkyl halides is 3. The van der Waals surface area contributed by atoms with Crippen LogP contribution in [0.4, 0.5) is 13.2 Å². The van der Waals surface area contributed by atoms with Gasteiger partial charge in [0.05, 0.1) is 25.9 Å². The van der Waals surface area contributed by atoms with Crippen molar-refractivity contribution in [1.29, 1.82) is 0 Å². The first-order valence-corrected chi connectivity index (χ1v) is 9.88. The molecule has 1 aliphatic heterocycles. The summed E-state index contributed by atoms with van der Waals surface area (Å²) in [5.74, 6) is 0.761. The number of hydrogen-bond acceptors (Lipinski definition) is 4. The second kappa shape index (κ2) is 11.9. The van der Waals surface area contributed by atoms with E-state index in [1.807, 2.05) is 13.0 Å². The van der Waals surface area contributed by atoms with Crippen LogP contribution >= 0.6 is 0 Å². The molecule has 0 spiro atoms. The molecule has 1 saturated heterocycles. The highest BCUT2D eigenvalue weighted by Gasteiger charge is 2.28. The maximum Gasteiger partial charge on any atom is 0.422 e. The van der Waals surface area contributed by atoms with Crippen LogP contribution in [-0.2, 0) is 16.0 Å². The van der Waals surface area contributed by atoms with E-state index in [9.17, 15) is 13.2 Å². The Hall–Kier alpha value is -2.00. The maximum absolute atomic E-state index is 12.5. The molecule has 29 heavy (non-hydrogen) atoms. The van der Waals surface area contributed by atoms with Crippen molar-refractivity contribution < 1.29 is 27.4 Å². The Morgan fingerprint density at radius 3 is 2.83 bits per heavy atom. The van der Waals surface area contributed by atoms with Crippen LogP contribution in [0.2, 0.25) is 0 Å². The largest absolute Gasteiger partial charge is 0.484 e. The summed E-state index contributed by atoms with van der Waals surface area (Å²) in [6.07, 6.45) is -2.08. The molecule has 9 heteroatoms. The van der Waals surface area contributed by atoms with Gasteiger partial charge in [-0.1, -0.05) is 12.1 Å². The third-order valence-corrected chi connectivity index (χ3v) is 4.23. The van der Waals surface area contributed by atoms with Gasteiger partial charge >= 0.3 is 6.18 Å². The number of ether oxygens (including phenoxy) is 3. The van der Waals surface area contributed by atoms with Gasteiger partial charge in [0.25, 0.3) is 0 Å². The van der Waals surface area contributed by atoms with E-state index in [0.717, 1.165) is 25.0 Å². The lowest BCUT2D eigenvalue weighted by molar-refractivity contribution is -0.153. The first kappa shape index (κ1) is 23.3. The Morgan fingerprint density at radius 2 is 2.14 bits per heavy atom. The monoisotopic (exact) mass is 417 g/mol. The average Bonchev–Trinajstić information content (AvgIpc) is 3.18. The lowest BCUT2D eigenvalue weighted by Gasteiger charge is -2.15. The third kappa shape index (κ3) is 9.36. The fourth-order valence-corrected chi connectivity index (χ4v) is 2.82. The number of halogens is 3.